The summed E-state index contributed by atoms with van der Waals surface area (Å²) in [7, 11) is 0. The van der Waals surface area contributed by atoms with Gasteiger partial charge in [0.2, 0.25) is 0 Å². The molecule has 0 aliphatic carbocycles. The highest BCUT2D eigenvalue weighted by atomic mass is 16.1. The van der Waals surface area contributed by atoms with Crippen molar-refractivity contribution < 1.29 is 4.79 Å². The maximum Gasteiger partial charge on any atom is 0.185 e. The molecule has 3 heteroatoms. The summed E-state index contributed by atoms with van der Waals surface area (Å²) in [5, 5.41) is 0. The third-order valence-corrected chi connectivity index (χ3v) is 3.38. The molecule has 1 aromatic heterocycles. The second kappa shape index (κ2) is 4.86. The van der Waals surface area contributed by atoms with E-state index in [4.69, 9.17) is 0 Å². The van der Waals surface area contributed by atoms with Crippen LogP contribution in [0.1, 0.15) is 49.2 Å². The summed E-state index contributed by atoms with van der Waals surface area (Å²) in [5.74, 6) is 0.194. The van der Waals surface area contributed by atoms with Crippen molar-refractivity contribution >= 4 is 11.5 Å². The summed E-state index contributed by atoms with van der Waals surface area (Å²) in [4.78, 5) is 18.7. The predicted octanol–water partition coefficient (Wildman–Crippen LogP) is 2.97. The van der Waals surface area contributed by atoms with E-state index in [9.17, 15) is 4.79 Å². The van der Waals surface area contributed by atoms with Crippen LogP contribution in [0.25, 0.3) is 0 Å². The number of nitrogens with zero attached hydrogens (tertiary/aromatic N) is 2. The number of Topliss-reactive ketones (excluding diaryl/α,β-unsaturated/α-hetero) is 1. The van der Waals surface area contributed by atoms with Crippen molar-refractivity contribution in [2.75, 3.05) is 11.4 Å². The van der Waals surface area contributed by atoms with Crippen LogP contribution in [-0.4, -0.2) is 23.4 Å². The Kier molecular flexibility index (Phi) is 3.46. The molecule has 92 valence electrons. The zero-order valence-corrected chi connectivity index (χ0v) is 10.9. The van der Waals surface area contributed by atoms with Crippen molar-refractivity contribution in [3.63, 3.8) is 0 Å². The SMILES string of the molecule is CCCN1c2cc(C)cnc2C(=O)CC1CC. The molecule has 0 saturated heterocycles. The first-order valence-corrected chi connectivity index (χ1v) is 6.43. The van der Waals surface area contributed by atoms with Gasteiger partial charge in [-0.25, -0.2) is 0 Å². The first-order valence-electron chi connectivity index (χ1n) is 6.43. The summed E-state index contributed by atoms with van der Waals surface area (Å²) >= 11 is 0. The Balaban J connectivity index is 2.46. The highest BCUT2D eigenvalue weighted by molar-refractivity contribution is 6.02. The number of hydrogen-bond acceptors (Lipinski definition) is 3. The number of aromatic nitrogens is 1. The highest BCUT2D eigenvalue weighted by Gasteiger charge is 2.30. The van der Waals surface area contributed by atoms with Gasteiger partial charge in [0.15, 0.2) is 5.78 Å². The van der Waals surface area contributed by atoms with E-state index in [0.717, 1.165) is 30.6 Å². The molecular formula is C14H20N2O. The second-order valence-electron chi connectivity index (χ2n) is 4.76. The summed E-state index contributed by atoms with van der Waals surface area (Å²) in [6, 6.07) is 2.44. The zero-order valence-electron chi connectivity index (χ0n) is 10.9. The van der Waals surface area contributed by atoms with Gasteiger partial charge in [-0.05, 0) is 31.4 Å². The molecule has 1 atom stereocenters. The Hall–Kier alpha value is -1.38. The smallest absolute Gasteiger partial charge is 0.185 e. The Morgan fingerprint density at radius 2 is 2.24 bits per heavy atom. The molecule has 0 spiro atoms. The number of rotatable bonds is 3. The van der Waals surface area contributed by atoms with Gasteiger partial charge in [-0.1, -0.05) is 13.8 Å². The maximum atomic E-state index is 12.0. The minimum Gasteiger partial charge on any atom is -0.366 e. The molecule has 2 heterocycles. The van der Waals surface area contributed by atoms with Crippen molar-refractivity contribution in [2.24, 2.45) is 0 Å². The van der Waals surface area contributed by atoms with Gasteiger partial charge in [0, 0.05) is 25.2 Å². The lowest BCUT2D eigenvalue weighted by atomic mass is 9.96. The summed E-state index contributed by atoms with van der Waals surface area (Å²) in [6.07, 6.45) is 4.50. The molecule has 0 aromatic carbocycles. The molecule has 0 saturated carbocycles. The Labute approximate surface area is 103 Å². The Morgan fingerprint density at radius 3 is 2.88 bits per heavy atom. The minimum atomic E-state index is 0.194. The van der Waals surface area contributed by atoms with Gasteiger partial charge in [0.25, 0.3) is 0 Å². The maximum absolute atomic E-state index is 12.0. The van der Waals surface area contributed by atoms with Gasteiger partial charge < -0.3 is 4.90 Å². The normalized spacial score (nSPS) is 19.4. The van der Waals surface area contributed by atoms with Gasteiger partial charge in [-0.15, -0.1) is 0 Å². The largest absolute Gasteiger partial charge is 0.366 e. The first kappa shape index (κ1) is 12.1. The zero-order chi connectivity index (χ0) is 12.4. The van der Waals surface area contributed by atoms with Crippen molar-refractivity contribution in [2.45, 2.75) is 46.1 Å². The molecule has 2 rings (SSSR count). The van der Waals surface area contributed by atoms with Crippen LogP contribution >= 0.6 is 0 Å². The molecule has 1 aliphatic heterocycles. The average molecular weight is 232 g/mol. The lowest BCUT2D eigenvalue weighted by molar-refractivity contribution is 0.0960. The number of carbonyl (C=O) groups excluding carboxylic acids is 1. The van der Waals surface area contributed by atoms with E-state index < -0.39 is 0 Å². The van der Waals surface area contributed by atoms with E-state index in [1.165, 1.54) is 0 Å². The summed E-state index contributed by atoms with van der Waals surface area (Å²) < 4.78 is 0. The molecule has 3 nitrogen and oxygen atoms in total. The third kappa shape index (κ3) is 2.19. The number of anilines is 1. The highest BCUT2D eigenvalue weighted by Crippen LogP contribution is 2.31. The van der Waals surface area contributed by atoms with E-state index in [-0.39, 0.29) is 5.78 Å². The lowest BCUT2D eigenvalue weighted by Gasteiger charge is -2.37. The fraction of sp³-hybridized carbons (Fsp3) is 0.571. The number of ketones is 1. The summed E-state index contributed by atoms with van der Waals surface area (Å²) in [6.45, 7) is 7.35. The molecule has 1 aliphatic rings. The van der Waals surface area contributed by atoms with Gasteiger partial charge in [0.1, 0.15) is 5.69 Å². The molecule has 1 unspecified atom stereocenters. The number of fused-ring (bicyclic) bond motifs is 1. The summed E-state index contributed by atoms with van der Waals surface area (Å²) in [5.41, 5.74) is 2.82. The third-order valence-electron chi connectivity index (χ3n) is 3.38. The quantitative estimate of drug-likeness (QED) is 0.803. The van der Waals surface area contributed by atoms with E-state index in [1.54, 1.807) is 6.20 Å². The second-order valence-corrected chi connectivity index (χ2v) is 4.76. The van der Waals surface area contributed by atoms with Gasteiger partial charge in [-0.2, -0.15) is 0 Å². The topological polar surface area (TPSA) is 33.2 Å². The van der Waals surface area contributed by atoms with E-state index in [2.05, 4.69) is 29.8 Å². The molecule has 0 N–H and O–H groups in total. The van der Waals surface area contributed by atoms with E-state index in [1.807, 2.05) is 6.92 Å². The van der Waals surface area contributed by atoms with Gasteiger partial charge in [0.05, 0.1) is 5.69 Å². The number of pyridine rings is 1. The van der Waals surface area contributed by atoms with Crippen molar-refractivity contribution in [3.05, 3.63) is 23.5 Å². The van der Waals surface area contributed by atoms with E-state index in [0.29, 0.717) is 18.2 Å². The van der Waals surface area contributed by atoms with Crippen LogP contribution in [0.4, 0.5) is 5.69 Å². The average Bonchev–Trinajstić information content (AvgIpc) is 2.32. The van der Waals surface area contributed by atoms with Crippen LogP contribution in [0.5, 0.6) is 0 Å². The molecule has 0 amide bonds. The number of carbonyl (C=O) groups is 1. The molecule has 17 heavy (non-hydrogen) atoms. The lowest BCUT2D eigenvalue weighted by Crippen LogP contribution is -2.42. The molecular weight excluding hydrogens is 212 g/mol. The van der Waals surface area contributed by atoms with Crippen LogP contribution in [-0.2, 0) is 0 Å². The fourth-order valence-corrected chi connectivity index (χ4v) is 2.51. The minimum absolute atomic E-state index is 0.194. The van der Waals surface area contributed by atoms with Crippen molar-refractivity contribution in [1.82, 2.24) is 4.98 Å². The predicted molar refractivity (Wildman–Crippen MR) is 69.6 cm³/mol. The monoisotopic (exact) mass is 232 g/mol. The number of aryl methyl sites for hydroxylation is 1. The van der Waals surface area contributed by atoms with Crippen LogP contribution in [0.2, 0.25) is 0 Å². The Morgan fingerprint density at radius 1 is 1.47 bits per heavy atom. The van der Waals surface area contributed by atoms with Crippen molar-refractivity contribution in [1.29, 1.82) is 0 Å². The molecule has 0 radical (unpaired) electrons. The molecule has 0 bridgehead atoms. The Bertz CT molecular complexity index is 428. The van der Waals surface area contributed by atoms with Crippen LogP contribution in [0.15, 0.2) is 12.3 Å². The van der Waals surface area contributed by atoms with Gasteiger partial charge in [-0.3, -0.25) is 9.78 Å². The molecule has 0 fully saturated rings. The van der Waals surface area contributed by atoms with Crippen LogP contribution in [0.3, 0.4) is 0 Å². The van der Waals surface area contributed by atoms with Gasteiger partial charge >= 0.3 is 0 Å². The number of hydrogen-bond donors (Lipinski definition) is 0. The standard InChI is InChI=1S/C14H20N2O/c1-4-6-16-11(5-2)8-13(17)14-12(16)7-10(3)9-15-14/h7,9,11H,4-6,8H2,1-3H3. The van der Waals surface area contributed by atoms with Crippen LogP contribution < -0.4 is 4.90 Å². The van der Waals surface area contributed by atoms with Crippen LogP contribution in [0, 0.1) is 6.92 Å². The molecule has 1 aromatic rings. The fourth-order valence-electron chi connectivity index (χ4n) is 2.51. The van der Waals surface area contributed by atoms with Crippen molar-refractivity contribution in [3.8, 4) is 0 Å². The first-order chi connectivity index (χ1) is 8.17. The van der Waals surface area contributed by atoms with E-state index >= 15 is 0 Å².